The van der Waals surface area contributed by atoms with Crippen LogP contribution in [-0.2, 0) is 4.79 Å². The van der Waals surface area contributed by atoms with Gasteiger partial charge in [-0.15, -0.1) is 0 Å². The van der Waals surface area contributed by atoms with Gasteiger partial charge in [-0.2, -0.15) is 0 Å². The van der Waals surface area contributed by atoms with Crippen molar-refractivity contribution in [3.8, 4) is 0 Å². The van der Waals surface area contributed by atoms with Gasteiger partial charge in [0, 0.05) is 11.7 Å². The van der Waals surface area contributed by atoms with Crippen LogP contribution in [0.3, 0.4) is 0 Å². The number of nitrogens with zero attached hydrogens (tertiary/aromatic N) is 1. The first-order chi connectivity index (χ1) is 9.56. The molecule has 0 aromatic heterocycles. The van der Waals surface area contributed by atoms with Crippen molar-refractivity contribution >= 4 is 17.7 Å². The van der Waals surface area contributed by atoms with Crippen LogP contribution >= 0.6 is 0 Å². The number of carbonyl (C=O) groups is 2. The highest BCUT2D eigenvalue weighted by molar-refractivity contribution is 5.96. The van der Waals surface area contributed by atoms with Crippen molar-refractivity contribution in [2.75, 3.05) is 11.4 Å². The number of carboxylic acid groups (broad SMARTS) is 1. The minimum atomic E-state index is -1.03. The largest absolute Gasteiger partial charge is 0.480 e. The maximum Gasteiger partial charge on any atom is 0.323 e. The molecule has 0 heterocycles. The van der Waals surface area contributed by atoms with Crippen LogP contribution in [0.1, 0.15) is 26.2 Å². The average Bonchev–Trinajstić information content (AvgIpc) is 3.20. The van der Waals surface area contributed by atoms with E-state index in [4.69, 9.17) is 5.11 Å². The van der Waals surface area contributed by atoms with Crippen molar-refractivity contribution in [1.82, 2.24) is 5.32 Å². The number of hydrogen-bond acceptors (Lipinski definition) is 2. The Hall–Kier alpha value is -2.04. The highest BCUT2D eigenvalue weighted by atomic mass is 16.4. The fraction of sp³-hybridized carbons (Fsp3) is 0.467. The SMILES string of the molecule is CC(CC1CC1)NC(=O)N(CC(=O)O)c1ccccc1. The third kappa shape index (κ3) is 4.26. The molecule has 0 spiro atoms. The molecular formula is C15H20N2O3. The van der Waals surface area contributed by atoms with Crippen LogP contribution in [-0.4, -0.2) is 29.7 Å². The molecule has 20 heavy (non-hydrogen) atoms. The molecule has 1 aromatic rings. The highest BCUT2D eigenvalue weighted by Crippen LogP contribution is 2.33. The van der Waals surface area contributed by atoms with Crippen molar-refractivity contribution in [3.05, 3.63) is 30.3 Å². The highest BCUT2D eigenvalue weighted by Gasteiger charge is 2.26. The first kappa shape index (κ1) is 14.4. The van der Waals surface area contributed by atoms with Crippen molar-refractivity contribution in [1.29, 1.82) is 0 Å². The number of para-hydroxylation sites is 1. The van der Waals surface area contributed by atoms with Crippen molar-refractivity contribution in [2.45, 2.75) is 32.2 Å². The Balaban J connectivity index is 2.01. The first-order valence-corrected chi connectivity index (χ1v) is 6.91. The lowest BCUT2D eigenvalue weighted by Crippen LogP contribution is -2.46. The molecule has 1 fully saturated rings. The number of carboxylic acids is 1. The van der Waals surface area contributed by atoms with Gasteiger partial charge in [-0.25, -0.2) is 4.79 Å². The topological polar surface area (TPSA) is 69.6 Å². The van der Waals surface area contributed by atoms with Gasteiger partial charge in [0.2, 0.25) is 0 Å². The summed E-state index contributed by atoms with van der Waals surface area (Å²) in [5.41, 5.74) is 0.589. The van der Waals surface area contributed by atoms with E-state index in [0.29, 0.717) is 5.69 Å². The molecule has 2 N–H and O–H groups in total. The molecule has 5 heteroatoms. The normalized spacial score (nSPS) is 15.4. The lowest BCUT2D eigenvalue weighted by molar-refractivity contribution is -0.135. The quantitative estimate of drug-likeness (QED) is 0.838. The zero-order valence-corrected chi connectivity index (χ0v) is 11.6. The molecule has 1 unspecified atom stereocenters. The fourth-order valence-electron chi connectivity index (χ4n) is 2.22. The molecule has 1 aliphatic rings. The van der Waals surface area contributed by atoms with E-state index in [1.807, 2.05) is 13.0 Å². The molecule has 1 atom stereocenters. The molecule has 108 valence electrons. The summed E-state index contributed by atoms with van der Waals surface area (Å²) in [5, 5.41) is 11.8. The van der Waals surface area contributed by atoms with Crippen LogP contribution in [0.25, 0.3) is 0 Å². The molecule has 0 aliphatic heterocycles. The monoisotopic (exact) mass is 276 g/mol. The molecule has 2 amide bonds. The predicted octanol–water partition coefficient (Wildman–Crippen LogP) is 2.48. The fourth-order valence-corrected chi connectivity index (χ4v) is 2.22. The van der Waals surface area contributed by atoms with Gasteiger partial charge in [0.15, 0.2) is 0 Å². The molecule has 0 bridgehead atoms. The maximum absolute atomic E-state index is 12.2. The summed E-state index contributed by atoms with van der Waals surface area (Å²) in [6, 6.07) is 8.57. The van der Waals surface area contributed by atoms with Gasteiger partial charge in [0.1, 0.15) is 6.54 Å². The second kappa shape index (κ2) is 6.41. The molecule has 1 saturated carbocycles. The summed E-state index contributed by atoms with van der Waals surface area (Å²) < 4.78 is 0. The van der Waals surface area contributed by atoms with E-state index in [9.17, 15) is 9.59 Å². The Bertz CT molecular complexity index is 471. The summed E-state index contributed by atoms with van der Waals surface area (Å²) in [7, 11) is 0. The van der Waals surface area contributed by atoms with Gasteiger partial charge >= 0.3 is 12.0 Å². The van der Waals surface area contributed by atoms with Crippen LogP contribution < -0.4 is 10.2 Å². The zero-order chi connectivity index (χ0) is 14.5. The third-order valence-corrected chi connectivity index (χ3v) is 3.36. The second-order valence-electron chi connectivity index (χ2n) is 5.35. The summed E-state index contributed by atoms with van der Waals surface area (Å²) in [5.74, 6) is -0.311. The number of hydrogen-bond donors (Lipinski definition) is 2. The van der Waals surface area contributed by atoms with Gasteiger partial charge in [0.25, 0.3) is 0 Å². The van der Waals surface area contributed by atoms with Gasteiger partial charge in [-0.05, 0) is 31.4 Å². The van der Waals surface area contributed by atoms with Crippen molar-refractivity contribution < 1.29 is 14.7 Å². The van der Waals surface area contributed by atoms with E-state index in [2.05, 4.69) is 5.32 Å². The standard InChI is InChI=1S/C15H20N2O3/c1-11(9-12-7-8-12)16-15(20)17(10-14(18)19)13-5-3-2-4-6-13/h2-6,11-12H,7-10H2,1H3,(H,16,20)(H,18,19). The first-order valence-electron chi connectivity index (χ1n) is 6.91. The number of nitrogens with one attached hydrogen (secondary N) is 1. The molecule has 5 nitrogen and oxygen atoms in total. The molecule has 2 rings (SSSR count). The maximum atomic E-state index is 12.2. The van der Waals surface area contributed by atoms with E-state index < -0.39 is 5.97 Å². The van der Waals surface area contributed by atoms with Crippen molar-refractivity contribution in [2.24, 2.45) is 5.92 Å². The van der Waals surface area contributed by atoms with Crippen LogP contribution in [0.2, 0.25) is 0 Å². The Morgan fingerprint density at radius 1 is 1.35 bits per heavy atom. The van der Waals surface area contributed by atoms with E-state index in [1.165, 1.54) is 17.7 Å². The minimum absolute atomic E-state index is 0.0648. The van der Waals surface area contributed by atoms with Gasteiger partial charge in [0.05, 0.1) is 0 Å². The van der Waals surface area contributed by atoms with E-state index in [1.54, 1.807) is 24.3 Å². The summed E-state index contributed by atoms with van der Waals surface area (Å²) in [6.07, 6.45) is 3.43. The number of anilines is 1. The summed E-state index contributed by atoms with van der Waals surface area (Å²) in [6.45, 7) is 1.62. The molecule has 1 aromatic carbocycles. The lowest BCUT2D eigenvalue weighted by Gasteiger charge is -2.24. The molecule has 1 aliphatic carbocycles. The van der Waals surface area contributed by atoms with Crippen LogP contribution in [0.5, 0.6) is 0 Å². The zero-order valence-electron chi connectivity index (χ0n) is 11.6. The average molecular weight is 276 g/mol. The Morgan fingerprint density at radius 3 is 2.55 bits per heavy atom. The molecule has 0 saturated heterocycles. The Morgan fingerprint density at radius 2 is 2.00 bits per heavy atom. The molecule has 0 radical (unpaired) electrons. The number of benzene rings is 1. The Labute approximate surface area is 118 Å². The lowest BCUT2D eigenvalue weighted by atomic mass is 10.1. The second-order valence-corrected chi connectivity index (χ2v) is 5.35. The summed E-state index contributed by atoms with van der Waals surface area (Å²) in [4.78, 5) is 24.4. The summed E-state index contributed by atoms with van der Waals surface area (Å²) >= 11 is 0. The molecular weight excluding hydrogens is 256 g/mol. The smallest absolute Gasteiger partial charge is 0.323 e. The van der Waals surface area contributed by atoms with E-state index in [0.717, 1.165) is 12.3 Å². The minimum Gasteiger partial charge on any atom is -0.480 e. The Kier molecular flexibility index (Phi) is 4.61. The number of carbonyl (C=O) groups excluding carboxylic acids is 1. The van der Waals surface area contributed by atoms with E-state index >= 15 is 0 Å². The van der Waals surface area contributed by atoms with Gasteiger partial charge in [-0.3, -0.25) is 9.69 Å². The van der Waals surface area contributed by atoms with Crippen molar-refractivity contribution in [3.63, 3.8) is 0 Å². The van der Waals surface area contributed by atoms with Gasteiger partial charge < -0.3 is 10.4 Å². The number of aliphatic carboxylic acids is 1. The van der Waals surface area contributed by atoms with Crippen LogP contribution in [0, 0.1) is 5.92 Å². The van der Waals surface area contributed by atoms with Gasteiger partial charge in [-0.1, -0.05) is 31.0 Å². The third-order valence-electron chi connectivity index (χ3n) is 3.36. The van der Waals surface area contributed by atoms with Crippen LogP contribution in [0.15, 0.2) is 30.3 Å². The number of urea groups is 1. The van der Waals surface area contributed by atoms with Crippen LogP contribution in [0.4, 0.5) is 10.5 Å². The van der Waals surface area contributed by atoms with E-state index in [-0.39, 0.29) is 18.6 Å². The number of rotatable bonds is 6. The number of amides is 2. The predicted molar refractivity (Wildman–Crippen MR) is 76.8 cm³/mol.